The van der Waals surface area contributed by atoms with Gasteiger partial charge < -0.3 is 10.2 Å². The zero-order valence-corrected chi connectivity index (χ0v) is 12.1. The first-order valence-electron chi connectivity index (χ1n) is 7.65. The largest absolute Gasteiger partial charge is 0.439 e. The molecule has 1 aromatic carbocycles. The van der Waals surface area contributed by atoms with Crippen molar-refractivity contribution in [2.75, 3.05) is 12.3 Å². The Kier molecular flexibility index (Phi) is 3.92. The summed E-state index contributed by atoms with van der Waals surface area (Å²) < 4.78 is 5.84. The first-order valence-corrected chi connectivity index (χ1v) is 7.65. The highest BCUT2D eigenvalue weighted by Crippen LogP contribution is 2.25. The summed E-state index contributed by atoms with van der Waals surface area (Å²) in [6.07, 6.45) is 6.70. The molecule has 3 rings (SSSR count). The number of fused-ring (bicyclic) bond motifs is 1. The van der Waals surface area contributed by atoms with Crippen LogP contribution in [0.25, 0.3) is 11.1 Å². The molecular weight excluding hydrogens is 250 g/mol. The van der Waals surface area contributed by atoms with Crippen molar-refractivity contribution in [3.63, 3.8) is 0 Å². The van der Waals surface area contributed by atoms with Crippen LogP contribution >= 0.6 is 0 Å². The minimum Gasteiger partial charge on any atom is -0.439 e. The standard InChI is InChI=1S/C16H23N3O/c1-2-19(13-6-4-3-5-7-13)11-16-18-14-9-8-12(17)10-15(14)20-16/h8-10,13H,2-7,11,17H2,1H3. The van der Waals surface area contributed by atoms with Gasteiger partial charge in [0.2, 0.25) is 5.89 Å². The maximum Gasteiger partial charge on any atom is 0.209 e. The van der Waals surface area contributed by atoms with Gasteiger partial charge >= 0.3 is 0 Å². The molecule has 1 fully saturated rings. The average molecular weight is 273 g/mol. The van der Waals surface area contributed by atoms with Crippen LogP contribution in [0.15, 0.2) is 22.6 Å². The van der Waals surface area contributed by atoms with Gasteiger partial charge in [-0.15, -0.1) is 0 Å². The van der Waals surface area contributed by atoms with Gasteiger partial charge in [-0.1, -0.05) is 26.2 Å². The normalized spacial score (nSPS) is 17.1. The summed E-state index contributed by atoms with van der Waals surface area (Å²) in [5.41, 5.74) is 8.19. The second-order valence-electron chi connectivity index (χ2n) is 5.69. The zero-order chi connectivity index (χ0) is 13.9. The smallest absolute Gasteiger partial charge is 0.209 e. The Hall–Kier alpha value is -1.55. The lowest BCUT2D eigenvalue weighted by Gasteiger charge is -2.32. The van der Waals surface area contributed by atoms with Crippen molar-refractivity contribution in [2.24, 2.45) is 0 Å². The van der Waals surface area contributed by atoms with E-state index in [1.807, 2.05) is 18.2 Å². The van der Waals surface area contributed by atoms with Crippen LogP contribution in [-0.4, -0.2) is 22.5 Å². The van der Waals surface area contributed by atoms with Gasteiger partial charge in [-0.3, -0.25) is 4.90 Å². The van der Waals surface area contributed by atoms with E-state index in [9.17, 15) is 0 Å². The van der Waals surface area contributed by atoms with Crippen molar-refractivity contribution in [1.82, 2.24) is 9.88 Å². The number of anilines is 1. The Bertz CT molecular complexity index is 572. The third-order valence-corrected chi connectivity index (χ3v) is 4.29. The number of benzene rings is 1. The van der Waals surface area contributed by atoms with Crippen LogP contribution < -0.4 is 5.73 Å². The third kappa shape index (κ3) is 2.80. The number of nitrogen functional groups attached to an aromatic ring is 1. The molecule has 20 heavy (non-hydrogen) atoms. The molecule has 0 bridgehead atoms. The maximum atomic E-state index is 5.84. The van der Waals surface area contributed by atoms with Gasteiger partial charge in [-0.25, -0.2) is 4.98 Å². The van der Waals surface area contributed by atoms with Crippen molar-refractivity contribution in [3.8, 4) is 0 Å². The Labute approximate surface area is 120 Å². The molecular formula is C16H23N3O. The quantitative estimate of drug-likeness (QED) is 0.865. The van der Waals surface area contributed by atoms with E-state index in [1.165, 1.54) is 32.1 Å². The minimum atomic E-state index is 0.689. The van der Waals surface area contributed by atoms with E-state index in [4.69, 9.17) is 10.2 Å². The van der Waals surface area contributed by atoms with Crippen LogP contribution in [0.1, 0.15) is 44.9 Å². The number of oxazole rings is 1. The Balaban J connectivity index is 1.76. The highest BCUT2D eigenvalue weighted by atomic mass is 16.3. The first kappa shape index (κ1) is 13.4. The van der Waals surface area contributed by atoms with E-state index >= 15 is 0 Å². The van der Waals surface area contributed by atoms with E-state index in [0.29, 0.717) is 6.04 Å². The van der Waals surface area contributed by atoms with Crippen molar-refractivity contribution in [1.29, 1.82) is 0 Å². The fraction of sp³-hybridized carbons (Fsp3) is 0.562. The minimum absolute atomic E-state index is 0.689. The summed E-state index contributed by atoms with van der Waals surface area (Å²) in [5.74, 6) is 0.804. The molecule has 2 N–H and O–H groups in total. The summed E-state index contributed by atoms with van der Waals surface area (Å²) in [6, 6.07) is 6.33. The Morgan fingerprint density at radius 2 is 2.10 bits per heavy atom. The van der Waals surface area contributed by atoms with Gasteiger partial charge in [0.05, 0.1) is 6.54 Å². The van der Waals surface area contributed by atoms with E-state index in [-0.39, 0.29) is 0 Å². The number of rotatable bonds is 4. The van der Waals surface area contributed by atoms with Crippen molar-refractivity contribution in [2.45, 2.75) is 51.6 Å². The SMILES string of the molecule is CCN(Cc1nc2ccc(N)cc2o1)C1CCCCC1. The molecule has 0 amide bonds. The van der Waals surface area contributed by atoms with Crippen LogP contribution in [0.4, 0.5) is 5.69 Å². The topological polar surface area (TPSA) is 55.3 Å². The number of hydrogen-bond acceptors (Lipinski definition) is 4. The summed E-state index contributed by atoms with van der Waals surface area (Å²) in [4.78, 5) is 7.07. The summed E-state index contributed by atoms with van der Waals surface area (Å²) in [6.45, 7) is 4.07. The fourth-order valence-electron chi connectivity index (χ4n) is 3.18. The second kappa shape index (κ2) is 5.83. The number of aromatic nitrogens is 1. The van der Waals surface area contributed by atoms with Crippen LogP contribution in [0, 0.1) is 0 Å². The molecule has 0 aliphatic heterocycles. The molecule has 2 aromatic rings. The summed E-state index contributed by atoms with van der Waals surface area (Å²) >= 11 is 0. The lowest BCUT2D eigenvalue weighted by atomic mass is 9.94. The molecule has 4 heteroatoms. The molecule has 1 aromatic heterocycles. The first-order chi connectivity index (χ1) is 9.76. The predicted octanol–water partition coefficient (Wildman–Crippen LogP) is 3.56. The molecule has 1 aliphatic carbocycles. The summed E-state index contributed by atoms with van der Waals surface area (Å²) in [7, 11) is 0. The third-order valence-electron chi connectivity index (χ3n) is 4.29. The fourth-order valence-corrected chi connectivity index (χ4v) is 3.18. The second-order valence-corrected chi connectivity index (χ2v) is 5.69. The zero-order valence-electron chi connectivity index (χ0n) is 12.1. The van der Waals surface area contributed by atoms with Crippen LogP contribution in [-0.2, 0) is 6.54 Å². The number of hydrogen-bond donors (Lipinski definition) is 1. The van der Waals surface area contributed by atoms with E-state index < -0.39 is 0 Å². The molecule has 4 nitrogen and oxygen atoms in total. The number of nitrogens with two attached hydrogens (primary N) is 1. The van der Waals surface area contributed by atoms with Crippen LogP contribution in [0.5, 0.6) is 0 Å². The molecule has 0 saturated heterocycles. The highest BCUT2D eigenvalue weighted by Gasteiger charge is 2.21. The highest BCUT2D eigenvalue weighted by molar-refractivity contribution is 5.76. The lowest BCUT2D eigenvalue weighted by molar-refractivity contribution is 0.144. The lowest BCUT2D eigenvalue weighted by Crippen LogP contribution is -2.36. The Morgan fingerprint density at radius 3 is 2.85 bits per heavy atom. The average Bonchev–Trinajstić information content (AvgIpc) is 2.87. The van der Waals surface area contributed by atoms with E-state index in [2.05, 4.69) is 16.8 Å². The molecule has 0 spiro atoms. The van der Waals surface area contributed by atoms with Gasteiger partial charge in [0.1, 0.15) is 5.52 Å². The van der Waals surface area contributed by atoms with Gasteiger partial charge in [0.15, 0.2) is 5.58 Å². The van der Waals surface area contributed by atoms with Crippen molar-refractivity contribution >= 4 is 16.8 Å². The molecule has 108 valence electrons. The molecule has 1 heterocycles. The van der Waals surface area contributed by atoms with Crippen molar-refractivity contribution < 1.29 is 4.42 Å². The monoisotopic (exact) mass is 273 g/mol. The summed E-state index contributed by atoms with van der Waals surface area (Å²) in [5, 5.41) is 0. The van der Waals surface area contributed by atoms with Crippen LogP contribution in [0.2, 0.25) is 0 Å². The molecule has 0 unspecified atom stereocenters. The van der Waals surface area contributed by atoms with Gasteiger partial charge in [0, 0.05) is 17.8 Å². The predicted molar refractivity (Wildman–Crippen MR) is 81.4 cm³/mol. The maximum absolute atomic E-state index is 5.84. The van der Waals surface area contributed by atoms with Gasteiger partial charge in [0.25, 0.3) is 0 Å². The molecule has 1 saturated carbocycles. The molecule has 0 atom stereocenters. The molecule has 1 aliphatic rings. The van der Waals surface area contributed by atoms with E-state index in [1.54, 1.807) is 0 Å². The van der Waals surface area contributed by atoms with E-state index in [0.717, 1.165) is 35.8 Å². The number of nitrogens with zero attached hydrogens (tertiary/aromatic N) is 2. The van der Waals surface area contributed by atoms with Crippen LogP contribution in [0.3, 0.4) is 0 Å². The van der Waals surface area contributed by atoms with Crippen molar-refractivity contribution in [3.05, 3.63) is 24.1 Å². The van der Waals surface area contributed by atoms with Gasteiger partial charge in [-0.2, -0.15) is 0 Å². The Morgan fingerprint density at radius 1 is 1.30 bits per heavy atom. The van der Waals surface area contributed by atoms with Gasteiger partial charge in [-0.05, 0) is 31.5 Å². The molecule has 0 radical (unpaired) electrons.